The van der Waals surface area contributed by atoms with Crippen molar-refractivity contribution < 1.29 is 8.78 Å². The maximum absolute atomic E-state index is 13.7. The molecule has 1 aromatic heterocycles. The summed E-state index contributed by atoms with van der Waals surface area (Å²) >= 11 is 0. The van der Waals surface area contributed by atoms with Gasteiger partial charge < -0.3 is 5.32 Å². The third kappa shape index (κ3) is 3.11. The normalized spacial score (nSPS) is 11.2. The van der Waals surface area contributed by atoms with Crippen molar-refractivity contribution in [1.82, 2.24) is 25.5 Å². The molecule has 0 radical (unpaired) electrons. The average Bonchev–Trinajstić information content (AvgIpc) is 2.80. The lowest BCUT2D eigenvalue weighted by molar-refractivity contribution is 0.495. The fraction of sp³-hybridized carbons (Fsp3) is 0.417. The van der Waals surface area contributed by atoms with Gasteiger partial charge in [0.25, 0.3) is 0 Å². The van der Waals surface area contributed by atoms with E-state index >= 15 is 0 Å². The van der Waals surface area contributed by atoms with Crippen LogP contribution in [0, 0.1) is 17.6 Å². The van der Waals surface area contributed by atoms with Crippen LogP contribution in [0.15, 0.2) is 18.2 Å². The predicted octanol–water partition coefficient (Wildman–Crippen LogP) is 1.69. The molecule has 0 fully saturated rings. The molecule has 0 bridgehead atoms. The zero-order valence-corrected chi connectivity index (χ0v) is 10.8. The van der Waals surface area contributed by atoms with Gasteiger partial charge in [-0.15, -0.1) is 5.10 Å². The Hall–Kier alpha value is -1.89. The van der Waals surface area contributed by atoms with Crippen LogP contribution in [0.2, 0.25) is 0 Å². The first-order valence-electron chi connectivity index (χ1n) is 6.02. The third-order valence-electron chi connectivity index (χ3n) is 2.53. The molecule has 7 heteroatoms. The molecule has 0 atom stereocenters. The lowest BCUT2D eigenvalue weighted by Crippen LogP contribution is -2.21. The number of benzene rings is 1. The number of tetrazole rings is 1. The maximum Gasteiger partial charge on any atom is 0.184 e. The summed E-state index contributed by atoms with van der Waals surface area (Å²) in [6.45, 7) is 5.32. The van der Waals surface area contributed by atoms with Crippen molar-refractivity contribution in [2.24, 2.45) is 5.92 Å². The van der Waals surface area contributed by atoms with Gasteiger partial charge in [0.1, 0.15) is 5.69 Å². The molecule has 5 nitrogen and oxygen atoms in total. The van der Waals surface area contributed by atoms with E-state index < -0.39 is 11.6 Å². The lowest BCUT2D eigenvalue weighted by Gasteiger charge is -2.08. The van der Waals surface area contributed by atoms with E-state index in [2.05, 4.69) is 34.7 Å². The quantitative estimate of drug-likeness (QED) is 0.895. The summed E-state index contributed by atoms with van der Waals surface area (Å²) in [5.41, 5.74) is 0.00588. The van der Waals surface area contributed by atoms with Crippen molar-refractivity contribution in [3.63, 3.8) is 0 Å². The average molecular weight is 267 g/mol. The number of nitrogens with zero attached hydrogens (tertiary/aromatic N) is 4. The van der Waals surface area contributed by atoms with Gasteiger partial charge in [-0.1, -0.05) is 19.9 Å². The maximum atomic E-state index is 13.7. The molecule has 0 aliphatic rings. The molecule has 0 spiro atoms. The molecule has 2 aromatic rings. The standard InChI is InChI=1S/C12H15F2N5/c1-8(2)6-15-7-11-16-17-18-19(11)10-5-3-4-9(13)12(10)14/h3-5,8,15H,6-7H2,1-2H3. The smallest absolute Gasteiger partial charge is 0.184 e. The Balaban J connectivity index is 2.21. The molecule has 0 unspecified atom stereocenters. The number of rotatable bonds is 5. The second-order valence-electron chi connectivity index (χ2n) is 4.60. The monoisotopic (exact) mass is 267 g/mol. The molecular weight excluding hydrogens is 252 g/mol. The number of hydrogen-bond acceptors (Lipinski definition) is 4. The van der Waals surface area contributed by atoms with E-state index in [9.17, 15) is 8.78 Å². The van der Waals surface area contributed by atoms with Crippen LogP contribution in [-0.4, -0.2) is 26.8 Å². The van der Waals surface area contributed by atoms with Gasteiger partial charge in [0.05, 0.1) is 6.54 Å². The summed E-state index contributed by atoms with van der Waals surface area (Å²) in [5, 5.41) is 14.2. The molecule has 2 rings (SSSR count). The molecule has 1 N–H and O–H groups in total. The number of halogens is 2. The lowest BCUT2D eigenvalue weighted by atomic mass is 10.2. The summed E-state index contributed by atoms with van der Waals surface area (Å²) < 4.78 is 28.1. The number of nitrogens with one attached hydrogen (secondary N) is 1. The molecule has 0 aliphatic heterocycles. The van der Waals surface area contributed by atoms with E-state index in [4.69, 9.17) is 0 Å². The summed E-state index contributed by atoms with van der Waals surface area (Å²) in [6.07, 6.45) is 0. The predicted molar refractivity (Wildman–Crippen MR) is 65.6 cm³/mol. The van der Waals surface area contributed by atoms with Gasteiger partial charge in [-0.3, -0.25) is 0 Å². The Labute approximate surface area is 109 Å². The van der Waals surface area contributed by atoms with Gasteiger partial charge >= 0.3 is 0 Å². The highest BCUT2D eigenvalue weighted by atomic mass is 19.2. The van der Waals surface area contributed by atoms with E-state index in [1.54, 1.807) is 0 Å². The second kappa shape index (κ2) is 5.83. The number of aromatic nitrogens is 4. The molecule has 0 aliphatic carbocycles. The van der Waals surface area contributed by atoms with Crippen molar-refractivity contribution in [3.8, 4) is 5.69 Å². The largest absolute Gasteiger partial charge is 0.310 e. The fourth-order valence-corrected chi connectivity index (χ4v) is 1.63. The van der Waals surface area contributed by atoms with Crippen LogP contribution in [0.1, 0.15) is 19.7 Å². The molecule has 19 heavy (non-hydrogen) atoms. The van der Waals surface area contributed by atoms with Crippen LogP contribution in [0.3, 0.4) is 0 Å². The molecule has 0 saturated heterocycles. The van der Waals surface area contributed by atoms with E-state index in [-0.39, 0.29) is 5.69 Å². The van der Waals surface area contributed by atoms with E-state index in [1.165, 1.54) is 16.8 Å². The Morgan fingerprint density at radius 3 is 2.84 bits per heavy atom. The van der Waals surface area contributed by atoms with Crippen molar-refractivity contribution in [3.05, 3.63) is 35.7 Å². The van der Waals surface area contributed by atoms with Crippen LogP contribution in [-0.2, 0) is 6.54 Å². The van der Waals surface area contributed by atoms with Crippen LogP contribution >= 0.6 is 0 Å². The van der Waals surface area contributed by atoms with Crippen LogP contribution in [0.25, 0.3) is 5.69 Å². The Morgan fingerprint density at radius 2 is 2.11 bits per heavy atom. The van der Waals surface area contributed by atoms with Crippen molar-refractivity contribution in [1.29, 1.82) is 0 Å². The van der Waals surface area contributed by atoms with Crippen LogP contribution in [0.4, 0.5) is 8.78 Å². The Morgan fingerprint density at radius 1 is 1.32 bits per heavy atom. The van der Waals surface area contributed by atoms with E-state index in [1.807, 2.05) is 0 Å². The minimum Gasteiger partial charge on any atom is -0.310 e. The fourth-order valence-electron chi connectivity index (χ4n) is 1.63. The van der Waals surface area contributed by atoms with Crippen molar-refractivity contribution in [2.45, 2.75) is 20.4 Å². The zero-order valence-electron chi connectivity index (χ0n) is 10.8. The number of hydrogen-bond donors (Lipinski definition) is 1. The van der Waals surface area contributed by atoms with E-state index in [0.29, 0.717) is 18.3 Å². The summed E-state index contributed by atoms with van der Waals surface area (Å²) in [6, 6.07) is 3.90. The first-order valence-corrected chi connectivity index (χ1v) is 6.02. The summed E-state index contributed by atoms with van der Waals surface area (Å²) in [5.74, 6) is -0.964. The molecule has 1 aromatic carbocycles. The first kappa shape index (κ1) is 13.5. The molecule has 0 amide bonds. The Kier molecular flexibility index (Phi) is 4.16. The van der Waals surface area contributed by atoms with Gasteiger partial charge in [0.2, 0.25) is 0 Å². The topological polar surface area (TPSA) is 55.6 Å². The van der Waals surface area contributed by atoms with Gasteiger partial charge in [0, 0.05) is 0 Å². The molecular formula is C12H15F2N5. The highest BCUT2D eigenvalue weighted by Gasteiger charge is 2.14. The van der Waals surface area contributed by atoms with Gasteiger partial charge in [0.15, 0.2) is 17.5 Å². The van der Waals surface area contributed by atoms with Gasteiger partial charge in [-0.05, 0) is 35.0 Å². The van der Waals surface area contributed by atoms with Crippen LogP contribution < -0.4 is 5.32 Å². The zero-order chi connectivity index (χ0) is 13.8. The first-order chi connectivity index (χ1) is 9.09. The van der Waals surface area contributed by atoms with Crippen molar-refractivity contribution >= 4 is 0 Å². The van der Waals surface area contributed by atoms with Crippen molar-refractivity contribution in [2.75, 3.05) is 6.54 Å². The minimum absolute atomic E-state index is 0.00588. The highest BCUT2D eigenvalue weighted by Crippen LogP contribution is 2.15. The van der Waals surface area contributed by atoms with E-state index in [0.717, 1.165) is 12.6 Å². The summed E-state index contributed by atoms with van der Waals surface area (Å²) in [4.78, 5) is 0. The Bertz CT molecular complexity index is 553. The summed E-state index contributed by atoms with van der Waals surface area (Å²) in [7, 11) is 0. The minimum atomic E-state index is -0.958. The second-order valence-corrected chi connectivity index (χ2v) is 4.60. The van der Waals surface area contributed by atoms with Gasteiger partial charge in [-0.2, -0.15) is 4.68 Å². The van der Waals surface area contributed by atoms with Gasteiger partial charge in [-0.25, -0.2) is 8.78 Å². The molecule has 0 saturated carbocycles. The third-order valence-corrected chi connectivity index (χ3v) is 2.53. The molecule has 102 valence electrons. The molecule has 1 heterocycles. The highest BCUT2D eigenvalue weighted by molar-refractivity contribution is 5.33. The SMILES string of the molecule is CC(C)CNCc1nnnn1-c1cccc(F)c1F. The van der Waals surface area contributed by atoms with Crippen LogP contribution in [0.5, 0.6) is 0 Å².